The SMILES string of the molecule is CCOC(=O)CCC(=O)Cc1cc(C)c(C)cc1C. The second kappa shape index (κ2) is 7.07. The van der Waals surface area contributed by atoms with Crippen molar-refractivity contribution in [1.29, 1.82) is 0 Å². The van der Waals surface area contributed by atoms with Crippen LogP contribution in [0.5, 0.6) is 0 Å². The van der Waals surface area contributed by atoms with Crippen LogP contribution in [0.3, 0.4) is 0 Å². The molecule has 1 aromatic carbocycles. The lowest BCUT2D eigenvalue weighted by molar-refractivity contribution is -0.144. The van der Waals surface area contributed by atoms with Crippen LogP contribution in [0.25, 0.3) is 0 Å². The van der Waals surface area contributed by atoms with Gasteiger partial charge in [-0.15, -0.1) is 0 Å². The number of carbonyl (C=O) groups is 2. The van der Waals surface area contributed by atoms with Crippen molar-refractivity contribution in [3.8, 4) is 0 Å². The van der Waals surface area contributed by atoms with Crippen LogP contribution in [-0.2, 0) is 20.7 Å². The molecular formula is C16H22O3. The van der Waals surface area contributed by atoms with Crippen LogP contribution in [0.15, 0.2) is 12.1 Å². The lowest BCUT2D eigenvalue weighted by atomic mass is 9.96. The number of hydrogen-bond donors (Lipinski definition) is 0. The van der Waals surface area contributed by atoms with Crippen LogP contribution in [0.2, 0.25) is 0 Å². The normalized spacial score (nSPS) is 10.3. The summed E-state index contributed by atoms with van der Waals surface area (Å²) in [6.45, 7) is 8.25. The topological polar surface area (TPSA) is 43.4 Å². The Hall–Kier alpha value is -1.64. The Balaban J connectivity index is 2.58. The Kier molecular flexibility index (Phi) is 5.74. The Bertz CT molecular complexity index is 475. The first-order chi connectivity index (χ1) is 8.93. The number of carbonyl (C=O) groups excluding carboxylic acids is 2. The predicted octanol–water partition coefficient (Wildman–Crippen LogP) is 3.07. The molecule has 0 aliphatic rings. The zero-order valence-corrected chi connectivity index (χ0v) is 12.2. The van der Waals surface area contributed by atoms with Gasteiger partial charge in [-0.2, -0.15) is 0 Å². The number of esters is 1. The van der Waals surface area contributed by atoms with Gasteiger partial charge in [0.15, 0.2) is 0 Å². The summed E-state index contributed by atoms with van der Waals surface area (Å²) in [4.78, 5) is 23.1. The lowest BCUT2D eigenvalue weighted by Crippen LogP contribution is -2.10. The minimum atomic E-state index is -0.298. The summed E-state index contributed by atoms with van der Waals surface area (Å²) in [6.07, 6.45) is 0.828. The van der Waals surface area contributed by atoms with E-state index in [2.05, 4.69) is 19.1 Å². The largest absolute Gasteiger partial charge is 0.466 e. The number of benzene rings is 1. The number of rotatable bonds is 6. The molecule has 0 atom stereocenters. The van der Waals surface area contributed by atoms with Crippen molar-refractivity contribution in [3.05, 3.63) is 34.4 Å². The van der Waals surface area contributed by atoms with Gasteiger partial charge in [-0.25, -0.2) is 0 Å². The average Bonchev–Trinajstić information content (AvgIpc) is 2.34. The van der Waals surface area contributed by atoms with Gasteiger partial charge in [0.1, 0.15) is 5.78 Å². The second-order valence-electron chi connectivity index (χ2n) is 4.88. The summed E-state index contributed by atoms with van der Waals surface area (Å²) in [5.41, 5.74) is 4.61. The van der Waals surface area contributed by atoms with Crippen LogP contribution < -0.4 is 0 Å². The Morgan fingerprint density at radius 3 is 2.26 bits per heavy atom. The number of aryl methyl sites for hydroxylation is 3. The van der Waals surface area contributed by atoms with Gasteiger partial charge in [0.25, 0.3) is 0 Å². The van der Waals surface area contributed by atoms with E-state index in [1.807, 2.05) is 13.8 Å². The summed E-state index contributed by atoms with van der Waals surface area (Å²) in [6, 6.07) is 4.16. The summed E-state index contributed by atoms with van der Waals surface area (Å²) < 4.78 is 4.81. The van der Waals surface area contributed by atoms with Gasteiger partial charge in [0.05, 0.1) is 13.0 Å². The Morgan fingerprint density at radius 2 is 1.63 bits per heavy atom. The fraction of sp³-hybridized carbons (Fsp3) is 0.500. The molecule has 0 saturated carbocycles. The van der Waals surface area contributed by atoms with E-state index in [1.165, 1.54) is 11.1 Å². The molecule has 104 valence electrons. The fourth-order valence-electron chi connectivity index (χ4n) is 1.99. The van der Waals surface area contributed by atoms with Crippen LogP contribution in [0.1, 0.15) is 42.0 Å². The predicted molar refractivity (Wildman–Crippen MR) is 75.2 cm³/mol. The minimum absolute atomic E-state index is 0.0828. The molecule has 3 nitrogen and oxygen atoms in total. The second-order valence-corrected chi connectivity index (χ2v) is 4.88. The Labute approximate surface area is 115 Å². The van der Waals surface area contributed by atoms with E-state index in [-0.39, 0.29) is 24.6 Å². The van der Waals surface area contributed by atoms with E-state index < -0.39 is 0 Å². The first kappa shape index (κ1) is 15.4. The van der Waals surface area contributed by atoms with Crippen molar-refractivity contribution in [2.75, 3.05) is 6.61 Å². The van der Waals surface area contributed by atoms with Crippen molar-refractivity contribution in [2.45, 2.75) is 47.0 Å². The molecule has 3 heteroatoms. The molecule has 1 rings (SSSR count). The standard InChI is InChI=1S/C16H22O3/c1-5-19-16(18)7-6-15(17)10-14-9-12(3)11(2)8-13(14)4/h8-9H,5-7,10H2,1-4H3. The Morgan fingerprint density at radius 1 is 1.00 bits per heavy atom. The van der Waals surface area contributed by atoms with Crippen molar-refractivity contribution in [1.82, 2.24) is 0 Å². The lowest BCUT2D eigenvalue weighted by Gasteiger charge is -2.09. The van der Waals surface area contributed by atoms with Crippen molar-refractivity contribution < 1.29 is 14.3 Å². The average molecular weight is 262 g/mol. The number of Topliss-reactive ketones (excluding diaryl/α,β-unsaturated/α-hetero) is 1. The molecule has 0 aliphatic carbocycles. The number of ether oxygens (including phenoxy) is 1. The highest BCUT2D eigenvalue weighted by Crippen LogP contribution is 2.16. The van der Waals surface area contributed by atoms with Gasteiger partial charge in [0.2, 0.25) is 0 Å². The van der Waals surface area contributed by atoms with Crippen molar-refractivity contribution >= 4 is 11.8 Å². The zero-order valence-electron chi connectivity index (χ0n) is 12.2. The molecule has 0 saturated heterocycles. The molecular weight excluding hydrogens is 240 g/mol. The maximum Gasteiger partial charge on any atom is 0.306 e. The third kappa shape index (κ3) is 4.86. The van der Waals surface area contributed by atoms with E-state index in [1.54, 1.807) is 6.92 Å². The van der Waals surface area contributed by atoms with E-state index in [0.29, 0.717) is 13.0 Å². The van der Waals surface area contributed by atoms with E-state index in [0.717, 1.165) is 11.1 Å². The minimum Gasteiger partial charge on any atom is -0.466 e. The quantitative estimate of drug-likeness (QED) is 0.740. The van der Waals surface area contributed by atoms with Gasteiger partial charge in [-0.05, 0) is 49.9 Å². The number of ketones is 1. The van der Waals surface area contributed by atoms with Crippen molar-refractivity contribution in [3.63, 3.8) is 0 Å². The van der Waals surface area contributed by atoms with E-state index in [4.69, 9.17) is 4.74 Å². The first-order valence-electron chi connectivity index (χ1n) is 6.68. The van der Waals surface area contributed by atoms with Crippen LogP contribution in [-0.4, -0.2) is 18.4 Å². The number of hydrogen-bond acceptors (Lipinski definition) is 3. The molecule has 0 amide bonds. The highest BCUT2D eigenvalue weighted by atomic mass is 16.5. The molecule has 0 spiro atoms. The van der Waals surface area contributed by atoms with Crippen molar-refractivity contribution in [2.24, 2.45) is 0 Å². The molecule has 0 bridgehead atoms. The highest BCUT2D eigenvalue weighted by molar-refractivity contribution is 5.84. The molecule has 0 radical (unpaired) electrons. The third-order valence-electron chi connectivity index (χ3n) is 3.25. The van der Waals surface area contributed by atoms with Gasteiger partial charge in [-0.1, -0.05) is 12.1 Å². The van der Waals surface area contributed by atoms with E-state index in [9.17, 15) is 9.59 Å². The molecule has 0 aromatic heterocycles. The molecule has 0 N–H and O–H groups in total. The maximum absolute atomic E-state index is 11.9. The smallest absolute Gasteiger partial charge is 0.306 e. The summed E-state index contributed by atoms with van der Waals surface area (Å²) in [5.74, 6) is -0.216. The third-order valence-corrected chi connectivity index (χ3v) is 3.25. The van der Waals surface area contributed by atoms with Crippen LogP contribution in [0, 0.1) is 20.8 Å². The van der Waals surface area contributed by atoms with Gasteiger partial charge >= 0.3 is 5.97 Å². The van der Waals surface area contributed by atoms with Crippen LogP contribution in [0.4, 0.5) is 0 Å². The molecule has 0 unspecified atom stereocenters. The van der Waals surface area contributed by atoms with Crippen LogP contribution >= 0.6 is 0 Å². The molecule has 0 heterocycles. The van der Waals surface area contributed by atoms with Gasteiger partial charge in [0, 0.05) is 12.8 Å². The molecule has 0 aliphatic heterocycles. The molecule has 1 aromatic rings. The fourth-order valence-corrected chi connectivity index (χ4v) is 1.99. The highest BCUT2D eigenvalue weighted by Gasteiger charge is 2.10. The first-order valence-corrected chi connectivity index (χ1v) is 6.68. The monoisotopic (exact) mass is 262 g/mol. The maximum atomic E-state index is 11.9. The zero-order chi connectivity index (χ0) is 14.4. The molecule has 19 heavy (non-hydrogen) atoms. The van der Waals surface area contributed by atoms with E-state index >= 15 is 0 Å². The summed E-state index contributed by atoms with van der Waals surface area (Å²) in [7, 11) is 0. The van der Waals surface area contributed by atoms with Gasteiger partial charge in [-0.3, -0.25) is 9.59 Å². The summed E-state index contributed by atoms with van der Waals surface area (Å²) >= 11 is 0. The summed E-state index contributed by atoms with van der Waals surface area (Å²) in [5, 5.41) is 0. The molecule has 0 fully saturated rings. The van der Waals surface area contributed by atoms with Gasteiger partial charge < -0.3 is 4.74 Å².